The topological polar surface area (TPSA) is 12.0 Å². The zero-order valence-electron chi connectivity index (χ0n) is 9.21. The van der Waals surface area contributed by atoms with E-state index in [-0.39, 0.29) is 0 Å². The maximum atomic E-state index is 4.17. The van der Waals surface area contributed by atoms with E-state index in [9.17, 15) is 0 Å². The molecule has 0 radical (unpaired) electrons. The largest absolute Gasteiger partial charge is 0.316 e. The summed E-state index contributed by atoms with van der Waals surface area (Å²) in [5, 5.41) is 3.41. The lowest BCUT2D eigenvalue weighted by Crippen LogP contribution is -2.08. The number of allylic oxidation sites excluding steroid dienone is 1. The van der Waals surface area contributed by atoms with Crippen molar-refractivity contribution in [3.63, 3.8) is 0 Å². The van der Waals surface area contributed by atoms with Gasteiger partial charge in [-0.15, -0.1) is 0 Å². The Morgan fingerprint density at radius 1 is 1.33 bits per heavy atom. The smallest absolute Gasteiger partial charge is 0.00199 e. The summed E-state index contributed by atoms with van der Waals surface area (Å²) in [7, 11) is 0. The van der Waals surface area contributed by atoms with E-state index in [0.717, 1.165) is 12.3 Å². The molecule has 1 heteroatoms. The molecule has 0 aliphatic carbocycles. The monoisotopic (exact) mass is 201 g/mol. The Morgan fingerprint density at radius 3 is 2.80 bits per heavy atom. The Labute approximate surface area is 92.2 Å². The molecule has 0 spiro atoms. The second kappa shape index (κ2) is 5.13. The normalized spacial score (nSPS) is 20.4. The quantitative estimate of drug-likeness (QED) is 0.789. The van der Waals surface area contributed by atoms with Gasteiger partial charge in [0.25, 0.3) is 0 Å². The fraction of sp³-hybridized carbons (Fsp3) is 0.429. The first-order valence-electron chi connectivity index (χ1n) is 5.80. The Kier molecular flexibility index (Phi) is 3.57. The number of hydrogen-bond acceptors (Lipinski definition) is 1. The van der Waals surface area contributed by atoms with Crippen molar-refractivity contribution >= 4 is 5.57 Å². The number of nitrogens with one attached hydrogen (secondary N) is 1. The Balaban J connectivity index is 1.82. The van der Waals surface area contributed by atoms with E-state index < -0.39 is 0 Å². The zero-order valence-corrected chi connectivity index (χ0v) is 9.21. The molecule has 0 bridgehead atoms. The van der Waals surface area contributed by atoms with Gasteiger partial charge in [0.2, 0.25) is 0 Å². The van der Waals surface area contributed by atoms with Crippen LogP contribution in [0.5, 0.6) is 0 Å². The van der Waals surface area contributed by atoms with Crippen LogP contribution in [-0.4, -0.2) is 13.1 Å². The van der Waals surface area contributed by atoms with Gasteiger partial charge >= 0.3 is 0 Å². The molecule has 1 atom stereocenters. The highest BCUT2D eigenvalue weighted by Crippen LogP contribution is 2.22. The van der Waals surface area contributed by atoms with E-state index in [1.54, 1.807) is 0 Å². The molecule has 0 saturated carbocycles. The average Bonchev–Trinajstić information content (AvgIpc) is 2.80. The summed E-state index contributed by atoms with van der Waals surface area (Å²) in [6.07, 6.45) is 3.75. The van der Waals surface area contributed by atoms with Crippen LogP contribution < -0.4 is 5.32 Å². The molecule has 80 valence electrons. The van der Waals surface area contributed by atoms with Gasteiger partial charge in [0.1, 0.15) is 0 Å². The molecular formula is C14H19N. The molecule has 1 aromatic carbocycles. The van der Waals surface area contributed by atoms with Gasteiger partial charge in [-0.25, -0.2) is 0 Å². The van der Waals surface area contributed by atoms with Crippen molar-refractivity contribution < 1.29 is 0 Å². The minimum atomic E-state index is 0.866. The predicted octanol–water partition coefficient (Wildman–Crippen LogP) is 3.09. The van der Waals surface area contributed by atoms with Gasteiger partial charge in [0.05, 0.1) is 0 Å². The van der Waals surface area contributed by atoms with E-state index >= 15 is 0 Å². The third-order valence-corrected chi connectivity index (χ3v) is 3.20. The SMILES string of the molecule is C=C(CCC1CCNC1)c1ccccc1. The van der Waals surface area contributed by atoms with Crippen LogP contribution in [-0.2, 0) is 0 Å². The third kappa shape index (κ3) is 2.93. The molecule has 1 nitrogen and oxygen atoms in total. The highest BCUT2D eigenvalue weighted by atomic mass is 14.9. The van der Waals surface area contributed by atoms with E-state index in [1.807, 2.05) is 0 Å². The highest BCUT2D eigenvalue weighted by Gasteiger charge is 2.14. The van der Waals surface area contributed by atoms with Crippen LogP contribution in [0.25, 0.3) is 5.57 Å². The molecule has 0 amide bonds. The van der Waals surface area contributed by atoms with Crippen molar-refractivity contribution in [2.75, 3.05) is 13.1 Å². The average molecular weight is 201 g/mol. The van der Waals surface area contributed by atoms with Gasteiger partial charge in [-0.1, -0.05) is 36.9 Å². The van der Waals surface area contributed by atoms with Gasteiger partial charge in [0.15, 0.2) is 0 Å². The van der Waals surface area contributed by atoms with Gasteiger partial charge in [-0.05, 0) is 49.4 Å². The molecule has 1 fully saturated rings. The predicted molar refractivity (Wildman–Crippen MR) is 65.7 cm³/mol. The fourth-order valence-corrected chi connectivity index (χ4v) is 2.16. The Bertz CT molecular complexity index is 309. The molecule has 1 aliphatic rings. The van der Waals surface area contributed by atoms with Gasteiger partial charge < -0.3 is 5.32 Å². The number of rotatable bonds is 4. The first-order chi connectivity index (χ1) is 7.36. The van der Waals surface area contributed by atoms with Crippen molar-refractivity contribution in [3.05, 3.63) is 42.5 Å². The summed E-state index contributed by atoms with van der Waals surface area (Å²) in [6, 6.07) is 10.5. The minimum Gasteiger partial charge on any atom is -0.316 e. The van der Waals surface area contributed by atoms with Crippen LogP contribution in [0.2, 0.25) is 0 Å². The summed E-state index contributed by atoms with van der Waals surface area (Å²) < 4.78 is 0. The molecule has 1 N–H and O–H groups in total. The second-order valence-electron chi connectivity index (χ2n) is 4.37. The maximum absolute atomic E-state index is 4.17. The van der Waals surface area contributed by atoms with Crippen LogP contribution >= 0.6 is 0 Å². The van der Waals surface area contributed by atoms with Crippen LogP contribution in [0, 0.1) is 5.92 Å². The van der Waals surface area contributed by atoms with Crippen LogP contribution in [0.3, 0.4) is 0 Å². The fourth-order valence-electron chi connectivity index (χ4n) is 2.16. The minimum absolute atomic E-state index is 0.866. The molecule has 1 aliphatic heterocycles. The molecule has 2 rings (SSSR count). The zero-order chi connectivity index (χ0) is 10.5. The summed E-state index contributed by atoms with van der Waals surface area (Å²) in [5.41, 5.74) is 2.57. The molecule has 1 saturated heterocycles. The molecule has 1 heterocycles. The number of benzene rings is 1. The lowest BCUT2D eigenvalue weighted by Gasteiger charge is -2.10. The molecular weight excluding hydrogens is 182 g/mol. The van der Waals surface area contributed by atoms with Crippen molar-refractivity contribution in [3.8, 4) is 0 Å². The van der Waals surface area contributed by atoms with Crippen LogP contribution in [0.15, 0.2) is 36.9 Å². The highest BCUT2D eigenvalue weighted by molar-refractivity contribution is 5.62. The lowest BCUT2D eigenvalue weighted by molar-refractivity contribution is 0.542. The van der Waals surface area contributed by atoms with Crippen molar-refractivity contribution in [2.45, 2.75) is 19.3 Å². The Morgan fingerprint density at radius 2 is 2.13 bits per heavy atom. The first kappa shape index (κ1) is 10.4. The van der Waals surface area contributed by atoms with E-state index in [2.05, 4.69) is 42.2 Å². The lowest BCUT2D eigenvalue weighted by atomic mass is 9.96. The molecule has 1 unspecified atom stereocenters. The van der Waals surface area contributed by atoms with E-state index in [0.29, 0.717) is 0 Å². The van der Waals surface area contributed by atoms with Crippen LogP contribution in [0.1, 0.15) is 24.8 Å². The van der Waals surface area contributed by atoms with Crippen molar-refractivity contribution in [1.82, 2.24) is 5.32 Å². The van der Waals surface area contributed by atoms with E-state index in [4.69, 9.17) is 0 Å². The molecule has 0 aromatic heterocycles. The van der Waals surface area contributed by atoms with Crippen molar-refractivity contribution in [1.29, 1.82) is 0 Å². The van der Waals surface area contributed by atoms with Gasteiger partial charge in [-0.2, -0.15) is 0 Å². The van der Waals surface area contributed by atoms with Gasteiger partial charge in [0, 0.05) is 0 Å². The summed E-state index contributed by atoms with van der Waals surface area (Å²) in [5.74, 6) is 0.866. The molecule has 15 heavy (non-hydrogen) atoms. The maximum Gasteiger partial charge on any atom is -0.00199 e. The Hall–Kier alpha value is -1.08. The second-order valence-corrected chi connectivity index (χ2v) is 4.37. The summed E-state index contributed by atoms with van der Waals surface area (Å²) in [4.78, 5) is 0. The summed E-state index contributed by atoms with van der Waals surface area (Å²) >= 11 is 0. The third-order valence-electron chi connectivity index (χ3n) is 3.20. The van der Waals surface area contributed by atoms with Crippen LogP contribution in [0.4, 0.5) is 0 Å². The van der Waals surface area contributed by atoms with Gasteiger partial charge in [-0.3, -0.25) is 0 Å². The molecule has 1 aromatic rings. The van der Waals surface area contributed by atoms with Crippen molar-refractivity contribution in [2.24, 2.45) is 5.92 Å². The summed E-state index contributed by atoms with van der Waals surface area (Å²) in [6.45, 7) is 6.56. The standard InChI is InChI=1S/C14H19N/c1-12(14-5-3-2-4-6-14)7-8-13-9-10-15-11-13/h2-6,13,15H,1,7-11H2. The van der Waals surface area contributed by atoms with E-state index in [1.165, 1.54) is 37.1 Å². The number of hydrogen-bond donors (Lipinski definition) is 1. The first-order valence-corrected chi connectivity index (χ1v) is 5.80.